The van der Waals surface area contributed by atoms with Crippen molar-refractivity contribution in [3.63, 3.8) is 0 Å². The van der Waals surface area contributed by atoms with Gasteiger partial charge in [0.25, 0.3) is 0 Å². The molecule has 1 aliphatic rings. The lowest BCUT2D eigenvalue weighted by molar-refractivity contribution is -0.144. The predicted molar refractivity (Wildman–Crippen MR) is 70.6 cm³/mol. The summed E-state index contributed by atoms with van der Waals surface area (Å²) in [5, 5.41) is 8.66. The summed E-state index contributed by atoms with van der Waals surface area (Å²) in [5.74, 6) is -0.888. The molecule has 1 heterocycles. The third-order valence-electron chi connectivity index (χ3n) is 3.68. The molecule has 2 unspecified atom stereocenters. The Morgan fingerprint density at radius 3 is 2.58 bits per heavy atom. The Morgan fingerprint density at radius 1 is 1.53 bits per heavy atom. The van der Waals surface area contributed by atoms with E-state index in [1.54, 1.807) is 4.90 Å². The molecule has 110 valence electrons. The maximum atomic E-state index is 12.6. The van der Waals surface area contributed by atoms with Gasteiger partial charge in [0.05, 0.1) is 18.6 Å². The number of aliphatic carboxylic acids is 1. The zero-order valence-corrected chi connectivity index (χ0v) is 11.9. The summed E-state index contributed by atoms with van der Waals surface area (Å²) in [7, 11) is 0. The topological polar surface area (TPSA) is 92.9 Å². The highest BCUT2D eigenvalue weighted by atomic mass is 16.5. The zero-order chi connectivity index (χ0) is 14.6. The number of nitrogens with two attached hydrogens (primary N) is 1. The van der Waals surface area contributed by atoms with Crippen molar-refractivity contribution < 1.29 is 19.4 Å². The molecule has 1 amide bonds. The van der Waals surface area contributed by atoms with E-state index in [2.05, 4.69) is 0 Å². The van der Waals surface area contributed by atoms with Crippen molar-refractivity contribution in [3.05, 3.63) is 0 Å². The maximum absolute atomic E-state index is 12.6. The Bertz CT molecular complexity index is 346. The number of amides is 1. The van der Waals surface area contributed by atoms with E-state index in [0.717, 1.165) is 0 Å². The van der Waals surface area contributed by atoms with Gasteiger partial charge < -0.3 is 20.5 Å². The van der Waals surface area contributed by atoms with E-state index in [9.17, 15) is 9.59 Å². The van der Waals surface area contributed by atoms with E-state index in [4.69, 9.17) is 15.6 Å². The second-order valence-corrected chi connectivity index (χ2v) is 5.63. The van der Waals surface area contributed by atoms with Gasteiger partial charge in [-0.25, -0.2) is 0 Å². The lowest BCUT2D eigenvalue weighted by Crippen LogP contribution is -2.53. The normalized spacial score (nSPS) is 26.7. The van der Waals surface area contributed by atoms with Crippen molar-refractivity contribution in [3.8, 4) is 0 Å². The van der Waals surface area contributed by atoms with Crippen molar-refractivity contribution >= 4 is 11.9 Å². The fourth-order valence-electron chi connectivity index (χ4n) is 2.23. The van der Waals surface area contributed by atoms with Crippen LogP contribution in [0.2, 0.25) is 0 Å². The first kappa shape index (κ1) is 15.9. The van der Waals surface area contributed by atoms with Crippen molar-refractivity contribution in [2.75, 3.05) is 19.8 Å². The SMILES string of the molecule is CC(C)N(CCCC(=O)O)C(=O)C1(C)COCC1N. The Kier molecular flexibility index (Phi) is 5.31. The lowest BCUT2D eigenvalue weighted by Gasteiger charge is -2.35. The molecule has 0 bridgehead atoms. The van der Waals surface area contributed by atoms with E-state index < -0.39 is 11.4 Å². The number of nitrogens with zero attached hydrogens (tertiary/aromatic N) is 1. The molecule has 0 radical (unpaired) electrons. The van der Waals surface area contributed by atoms with Crippen LogP contribution in [0.4, 0.5) is 0 Å². The van der Waals surface area contributed by atoms with Gasteiger partial charge in [-0.3, -0.25) is 9.59 Å². The van der Waals surface area contributed by atoms with Gasteiger partial charge in [0, 0.05) is 25.0 Å². The van der Waals surface area contributed by atoms with Gasteiger partial charge in [-0.15, -0.1) is 0 Å². The minimum absolute atomic E-state index is 0.0194. The first-order chi connectivity index (χ1) is 8.79. The number of carboxylic acids is 1. The van der Waals surface area contributed by atoms with Crippen LogP contribution in [-0.4, -0.2) is 53.7 Å². The molecule has 0 aromatic carbocycles. The van der Waals surface area contributed by atoms with Crippen LogP contribution < -0.4 is 5.73 Å². The smallest absolute Gasteiger partial charge is 0.303 e. The quantitative estimate of drug-likeness (QED) is 0.732. The number of hydrogen-bond acceptors (Lipinski definition) is 4. The molecule has 0 aromatic heterocycles. The molecule has 2 atom stereocenters. The number of carboxylic acid groups (broad SMARTS) is 1. The van der Waals surface area contributed by atoms with Crippen LogP contribution in [0, 0.1) is 5.41 Å². The summed E-state index contributed by atoms with van der Waals surface area (Å²) in [6.07, 6.45) is 0.515. The highest BCUT2D eigenvalue weighted by Crippen LogP contribution is 2.30. The van der Waals surface area contributed by atoms with Crippen LogP contribution in [0.25, 0.3) is 0 Å². The maximum Gasteiger partial charge on any atom is 0.303 e. The first-order valence-corrected chi connectivity index (χ1v) is 6.65. The van der Waals surface area contributed by atoms with Crippen LogP contribution in [0.1, 0.15) is 33.6 Å². The minimum atomic E-state index is -0.844. The highest BCUT2D eigenvalue weighted by molar-refractivity contribution is 5.84. The average Bonchev–Trinajstić information content (AvgIpc) is 2.65. The number of carbonyl (C=O) groups excluding carboxylic acids is 1. The Labute approximate surface area is 113 Å². The molecule has 6 heteroatoms. The summed E-state index contributed by atoms with van der Waals surface area (Å²) in [4.78, 5) is 24.9. The summed E-state index contributed by atoms with van der Waals surface area (Å²) < 4.78 is 5.30. The Hall–Kier alpha value is -1.14. The molecule has 19 heavy (non-hydrogen) atoms. The fourth-order valence-corrected chi connectivity index (χ4v) is 2.23. The summed E-state index contributed by atoms with van der Waals surface area (Å²) in [6, 6.07) is -0.286. The highest BCUT2D eigenvalue weighted by Gasteiger charge is 2.46. The molecule has 3 N–H and O–H groups in total. The molecular formula is C13H24N2O4. The molecule has 0 aliphatic carbocycles. The molecule has 0 aromatic rings. The number of rotatable bonds is 6. The van der Waals surface area contributed by atoms with Crippen LogP contribution in [0.15, 0.2) is 0 Å². The lowest BCUT2D eigenvalue weighted by atomic mass is 9.84. The predicted octanol–water partition coefficient (Wildman–Crippen LogP) is 0.452. The fraction of sp³-hybridized carbons (Fsp3) is 0.846. The summed E-state index contributed by atoms with van der Waals surface area (Å²) in [6.45, 7) is 6.82. The number of carbonyl (C=O) groups is 2. The second kappa shape index (κ2) is 6.34. The van der Waals surface area contributed by atoms with Crippen molar-refractivity contribution in [1.82, 2.24) is 4.90 Å². The summed E-state index contributed by atoms with van der Waals surface area (Å²) >= 11 is 0. The number of ether oxygens (including phenoxy) is 1. The number of hydrogen-bond donors (Lipinski definition) is 2. The van der Waals surface area contributed by atoms with Crippen LogP contribution >= 0.6 is 0 Å². The van der Waals surface area contributed by atoms with Gasteiger partial charge >= 0.3 is 5.97 Å². The third-order valence-corrected chi connectivity index (χ3v) is 3.68. The Morgan fingerprint density at radius 2 is 2.16 bits per heavy atom. The third kappa shape index (κ3) is 3.67. The molecule has 6 nitrogen and oxygen atoms in total. The second-order valence-electron chi connectivity index (χ2n) is 5.63. The Balaban J connectivity index is 2.70. The van der Waals surface area contributed by atoms with Crippen molar-refractivity contribution in [2.24, 2.45) is 11.1 Å². The van der Waals surface area contributed by atoms with Crippen molar-refractivity contribution in [2.45, 2.75) is 45.7 Å². The molecule has 1 fully saturated rings. The standard InChI is InChI=1S/C13H24N2O4/c1-9(2)15(6-4-5-11(16)17)12(18)13(3)8-19-7-10(13)14/h9-10H,4-8,14H2,1-3H3,(H,16,17). The van der Waals surface area contributed by atoms with Gasteiger partial charge in [0.2, 0.25) is 5.91 Å². The van der Waals surface area contributed by atoms with Gasteiger partial charge in [-0.1, -0.05) is 0 Å². The molecule has 1 aliphatic heterocycles. The van der Waals surface area contributed by atoms with Gasteiger partial charge in [0.15, 0.2) is 0 Å². The molecular weight excluding hydrogens is 248 g/mol. The van der Waals surface area contributed by atoms with E-state index in [-0.39, 0.29) is 24.4 Å². The van der Waals surface area contributed by atoms with E-state index in [1.165, 1.54) is 0 Å². The van der Waals surface area contributed by atoms with E-state index in [1.807, 2.05) is 20.8 Å². The molecule has 1 rings (SSSR count). The van der Waals surface area contributed by atoms with Gasteiger partial charge in [-0.2, -0.15) is 0 Å². The largest absolute Gasteiger partial charge is 0.481 e. The van der Waals surface area contributed by atoms with E-state index >= 15 is 0 Å². The van der Waals surface area contributed by atoms with Gasteiger partial charge in [-0.05, 0) is 27.2 Å². The molecule has 0 saturated carbocycles. The molecule has 0 spiro atoms. The first-order valence-electron chi connectivity index (χ1n) is 6.65. The van der Waals surface area contributed by atoms with Crippen LogP contribution in [-0.2, 0) is 14.3 Å². The summed E-state index contributed by atoms with van der Waals surface area (Å²) in [5.41, 5.74) is 5.26. The minimum Gasteiger partial charge on any atom is -0.481 e. The van der Waals surface area contributed by atoms with E-state index in [0.29, 0.717) is 26.2 Å². The average molecular weight is 272 g/mol. The van der Waals surface area contributed by atoms with Gasteiger partial charge in [0.1, 0.15) is 0 Å². The van der Waals surface area contributed by atoms with Crippen molar-refractivity contribution in [1.29, 1.82) is 0 Å². The zero-order valence-electron chi connectivity index (χ0n) is 11.9. The van der Waals surface area contributed by atoms with Crippen LogP contribution in [0.5, 0.6) is 0 Å². The monoisotopic (exact) mass is 272 g/mol. The van der Waals surface area contributed by atoms with Crippen LogP contribution in [0.3, 0.4) is 0 Å². The molecule has 1 saturated heterocycles.